The molecular formula is C19H19N3O2. The third-order valence-corrected chi connectivity index (χ3v) is 3.74. The van der Waals surface area contributed by atoms with Crippen LogP contribution < -0.4 is 0 Å². The minimum atomic E-state index is -0.421. The van der Waals surface area contributed by atoms with Gasteiger partial charge in [0, 0.05) is 37.6 Å². The number of carbonyl (C=O) groups is 1. The van der Waals surface area contributed by atoms with E-state index < -0.39 is 6.10 Å². The third-order valence-electron chi connectivity index (χ3n) is 3.74. The van der Waals surface area contributed by atoms with Crippen LogP contribution in [0.4, 0.5) is 0 Å². The minimum absolute atomic E-state index is 0.232. The fourth-order valence-electron chi connectivity index (χ4n) is 2.53. The molecule has 1 unspecified atom stereocenters. The summed E-state index contributed by atoms with van der Waals surface area (Å²) in [6.45, 7) is 0. The fourth-order valence-corrected chi connectivity index (χ4v) is 2.53. The highest BCUT2D eigenvalue weighted by Crippen LogP contribution is 2.26. The van der Waals surface area contributed by atoms with Crippen LogP contribution in [-0.4, -0.2) is 20.7 Å². The summed E-state index contributed by atoms with van der Waals surface area (Å²) in [6.07, 6.45) is 7.60. The monoisotopic (exact) mass is 321 g/mol. The number of pyridine rings is 1. The van der Waals surface area contributed by atoms with E-state index >= 15 is 0 Å². The first-order valence-electron chi connectivity index (χ1n) is 7.84. The van der Waals surface area contributed by atoms with Crippen molar-refractivity contribution in [3.63, 3.8) is 0 Å². The van der Waals surface area contributed by atoms with Gasteiger partial charge < -0.3 is 4.74 Å². The highest BCUT2D eigenvalue weighted by molar-refractivity contribution is 5.70. The van der Waals surface area contributed by atoms with Gasteiger partial charge in [-0.2, -0.15) is 5.10 Å². The SMILES string of the molecule is Cn1cc(CCC(=O)OC(c2ccccc2)c2ccncc2)cn1. The Balaban J connectivity index is 1.71. The predicted octanol–water partition coefficient (Wildman–Crippen LogP) is 3.08. The van der Waals surface area contributed by atoms with Crippen molar-refractivity contribution < 1.29 is 9.53 Å². The van der Waals surface area contributed by atoms with Crippen LogP contribution in [0.3, 0.4) is 0 Å². The van der Waals surface area contributed by atoms with Crippen molar-refractivity contribution in [3.05, 3.63) is 83.9 Å². The van der Waals surface area contributed by atoms with E-state index in [0.717, 1.165) is 16.7 Å². The molecule has 24 heavy (non-hydrogen) atoms. The lowest BCUT2D eigenvalue weighted by Crippen LogP contribution is -2.13. The van der Waals surface area contributed by atoms with Crippen molar-refractivity contribution in [2.75, 3.05) is 0 Å². The first-order chi connectivity index (χ1) is 11.7. The van der Waals surface area contributed by atoms with Gasteiger partial charge in [-0.15, -0.1) is 0 Å². The van der Waals surface area contributed by atoms with Crippen molar-refractivity contribution in [3.8, 4) is 0 Å². The summed E-state index contributed by atoms with van der Waals surface area (Å²) < 4.78 is 7.48. The van der Waals surface area contributed by atoms with Crippen molar-refractivity contribution in [1.82, 2.24) is 14.8 Å². The van der Waals surface area contributed by atoms with E-state index in [1.165, 1.54) is 0 Å². The fraction of sp³-hybridized carbons (Fsp3) is 0.211. The summed E-state index contributed by atoms with van der Waals surface area (Å²) >= 11 is 0. The molecule has 0 bridgehead atoms. The van der Waals surface area contributed by atoms with E-state index in [1.807, 2.05) is 55.7 Å². The number of aryl methyl sites for hydroxylation is 2. The van der Waals surface area contributed by atoms with E-state index in [4.69, 9.17) is 4.74 Å². The van der Waals surface area contributed by atoms with Crippen LogP contribution in [-0.2, 0) is 23.0 Å². The van der Waals surface area contributed by atoms with Gasteiger partial charge >= 0.3 is 5.97 Å². The van der Waals surface area contributed by atoms with Crippen molar-refractivity contribution in [2.45, 2.75) is 18.9 Å². The lowest BCUT2D eigenvalue weighted by Gasteiger charge is -2.18. The number of benzene rings is 1. The van der Waals surface area contributed by atoms with Gasteiger partial charge in [-0.1, -0.05) is 30.3 Å². The van der Waals surface area contributed by atoms with Crippen LogP contribution in [0.15, 0.2) is 67.3 Å². The maximum Gasteiger partial charge on any atom is 0.307 e. The van der Waals surface area contributed by atoms with E-state index in [2.05, 4.69) is 10.1 Å². The molecule has 0 saturated heterocycles. The second-order valence-electron chi connectivity index (χ2n) is 5.58. The van der Waals surface area contributed by atoms with Crippen LogP contribution >= 0.6 is 0 Å². The van der Waals surface area contributed by atoms with Gasteiger partial charge in [0.2, 0.25) is 0 Å². The molecule has 1 atom stereocenters. The quantitative estimate of drug-likeness (QED) is 0.655. The van der Waals surface area contributed by atoms with Crippen molar-refractivity contribution in [2.24, 2.45) is 7.05 Å². The summed E-state index contributed by atoms with van der Waals surface area (Å²) in [5, 5.41) is 4.11. The Kier molecular flexibility index (Phi) is 5.01. The molecule has 5 nitrogen and oxygen atoms in total. The third kappa shape index (κ3) is 4.07. The van der Waals surface area contributed by atoms with Crippen LogP contribution in [0, 0.1) is 0 Å². The summed E-state index contributed by atoms with van der Waals surface area (Å²) in [4.78, 5) is 16.3. The largest absolute Gasteiger partial charge is 0.453 e. The van der Waals surface area contributed by atoms with Crippen LogP contribution in [0.2, 0.25) is 0 Å². The molecule has 3 rings (SSSR count). The Morgan fingerprint density at radius 3 is 2.50 bits per heavy atom. The topological polar surface area (TPSA) is 57.0 Å². The number of aromatic nitrogens is 3. The molecule has 0 aliphatic rings. The second-order valence-corrected chi connectivity index (χ2v) is 5.58. The van der Waals surface area contributed by atoms with E-state index in [-0.39, 0.29) is 5.97 Å². The highest BCUT2D eigenvalue weighted by atomic mass is 16.5. The number of rotatable bonds is 6. The molecule has 1 aromatic carbocycles. The summed E-state index contributed by atoms with van der Waals surface area (Å²) in [5.74, 6) is -0.232. The Labute approximate surface area is 140 Å². The zero-order valence-corrected chi connectivity index (χ0v) is 13.5. The van der Waals surface area contributed by atoms with E-state index in [1.54, 1.807) is 23.3 Å². The van der Waals surface area contributed by atoms with Crippen LogP contribution in [0.5, 0.6) is 0 Å². The minimum Gasteiger partial charge on any atom is -0.453 e. The molecule has 0 aliphatic carbocycles. The lowest BCUT2D eigenvalue weighted by atomic mass is 10.0. The molecule has 122 valence electrons. The molecule has 3 aromatic rings. The molecular weight excluding hydrogens is 302 g/mol. The maximum absolute atomic E-state index is 12.3. The molecule has 0 spiro atoms. The highest BCUT2D eigenvalue weighted by Gasteiger charge is 2.18. The molecule has 2 aromatic heterocycles. The number of esters is 1. The second kappa shape index (κ2) is 7.55. The Hall–Kier alpha value is -2.95. The first-order valence-corrected chi connectivity index (χ1v) is 7.84. The first kappa shape index (κ1) is 15.9. The smallest absolute Gasteiger partial charge is 0.307 e. The lowest BCUT2D eigenvalue weighted by molar-refractivity contribution is -0.147. The van der Waals surface area contributed by atoms with Crippen LogP contribution in [0.1, 0.15) is 29.2 Å². The van der Waals surface area contributed by atoms with Gasteiger partial charge in [0.1, 0.15) is 0 Å². The number of hydrogen-bond donors (Lipinski definition) is 0. The molecule has 0 saturated carbocycles. The Morgan fingerprint density at radius 2 is 1.83 bits per heavy atom. The Bertz CT molecular complexity index is 745. The van der Waals surface area contributed by atoms with E-state index in [0.29, 0.717) is 12.8 Å². The van der Waals surface area contributed by atoms with Crippen molar-refractivity contribution in [1.29, 1.82) is 0 Å². The van der Waals surface area contributed by atoms with Gasteiger partial charge in [0.25, 0.3) is 0 Å². The number of nitrogens with zero attached hydrogens (tertiary/aromatic N) is 3. The molecule has 0 aliphatic heterocycles. The molecule has 0 fully saturated rings. The summed E-state index contributed by atoms with van der Waals surface area (Å²) in [6, 6.07) is 13.5. The van der Waals surface area contributed by atoms with Crippen molar-refractivity contribution >= 4 is 5.97 Å². The zero-order valence-electron chi connectivity index (χ0n) is 13.5. The average molecular weight is 321 g/mol. The van der Waals surface area contributed by atoms with Gasteiger partial charge in [0.15, 0.2) is 6.10 Å². The van der Waals surface area contributed by atoms with Gasteiger partial charge in [-0.05, 0) is 29.7 Å². The average Bonchev–Trinajstić information content (AvgIpc) is 3.05. The molecule has 0 amide bonds. The molecule has 0 radical (unpaired) electrons. The van der Waals surface area contributed by atoms with E-state index in [9.17, 15) is 4.79 Å². The molecule has 0 N–H and O–H groups in total. The van der Waals surface area contributed by atoms with Crippen LogP contribution in [0.25, 0.3) is 0 Å². The Morgan fingerprint density at radius 1 is 1.12 bits per heavy atom. The number of carbonyl (C=O) groups excluding carboxylic acids is 1. The van der Waals surface area contributed by atoms with Gasteiger partial charge in [-0.3, -0.25) is 14.5 Å². The molecule has 5 heteroatoms. The van der Waals surface area contributed by atoms with Gasteiger partial charge in [0.05, 0.1) is 6.20 Å². The number of hydrogen-bond acceptors (Lipinski definition) is 4. The normalized spacial score (nSPS) is 11.9. The predicted molar refractivity (Wildman–Crippen MR) is 90.1 cm³/mol. The van der Waals surface area contributed by atoms with Gasteiger partial charge in [-0.25, -0.2) is 0 Å². The molecule has 2 heterocycles. The zero-order chi connectivity index (χ0) is 16.8. The summed E-state index contributed by atoms with van der Waals surface area (Å²) in [7, 11) is 1.86. The number of ether oxygens (including phenoxy) is 1. The summed E-state index contributed by atoms with van der Waals surface area (Å²) in [5.41, 5.74) is 2.87. The standard InChI is InChI=1S/C19H19N3O2/c1-22-14-15(13-21-22)7-8-18(23)24-19(16-5-3-2-4-6-16)17-9-11-20-12-10-17/h2-6,9-14,19H,7-8H2,1H3. The maximum atomic E-state index is 12.3.